The molecular weight excluding hydrogens is 394 g/mol. The number of halogens is 3. The number of carbonyl (C=O) groups excluding carboxylic acids is 1. The highest BCUT2D eigenvalue weighted by atomic mass is 35.5. The van der Waals surface area contributed by atoms with Crippen molar-refractivity contribution in [2.75, 3.05) is 0 Å². The Kier molecular flexibility index (Phi) is 5.88. The van der Waals surface area contributed by atoms with Gasteiger partial charge in [0.05, 0.1) is 10.0 Å². The first-order valence-electron chi connectivity index (χ1n) is 7.85. The quantitative estimate of drug-likeness (QED) is 0.413. The maximum Gasteiger partial charge on any atom is 0.331 e. The van der Waals surface area contributed by atoms with E-state index in [1.165, 1.54) is 30.3 Å². The second kappa shape index (κ2) is 8.33. The van der Waals surface area contributed by atoms with Gasteiger partial charge in [0.25, 0.3) is 5.89 Å². The topological polar surface area (TPSA) is 65.2 Å². The van der Waals surface area contributed by atoms with Crippen molar-refractivity contribution in [3.8, 4) is 11.5 Å². The summed E-state index contributed by atoms with van der Waals surface area (Å²) in [4.78, 5) is 12.0. The summed E-state index contributed by atoms with van der Waals surface area (Å²) in [5.41, 5.74) is 1.26. The van der Waals surface area contributed by atoms with E-state index in [0.29, 0.717) is 21.2 Å². The molecule has 0 radical (unpaired) electrons. The molecule has 0 N–H and O–H groups in total. The number of nitrogens with zero attached hydrogens (tertiary/aromatic N) is 2. The average molecular weight is 407 g/mol. The van der Waals surface area contributed by atoms with Gasteiger partial charge in [-0.3, -0.25) is 0 Å². The highest BCUT2D eigenvalue weighted by molar-refractivity contribution is 6.42. The van der Waals surface area contributed by atoms with Gasteiger partial charge in [-0.2, -0.15) is 0 Å². The Morgan fingerprint density at radius 1 is 1.15 bits per heavy atom. The maximum atomic E-state index is 13.0. The molecule has 0 aliphatic rings. The smallest absolute Gasteiger partial charge is 0.331 e. The van der Waals surface area contributed by atoms with E-state index < -0.39 is 12.1 Å². The van der Waals surface area contributed by atoms with Crippen molar-refractivity contribution in [3.63, 3.8) is 0 Å². The number of benzene rings is 2. The minimum Gasteiger partial charge on any atom is -0.449 e. The van der Waals surface area contributed by atoms with Gasteiger partial charge >= 0.3 is 5.97 Å². The summed E-state index contributed by atoms with van der Waals surface area (Å²) in [5.74, 6) is -0.616. The van der Waals surface area contributed by atoms with E-state index >= 15 is 0 Å². The molecular formula is C19H13Cl2FN2O3. The summed E-state index contributed by atoms with van der Waals surface area (Å²) in [6.07, 6.45) is 2.06. The zero-order valence-corrected chi connectivity index (χ0v) is 15.5. The van der Waals surface area contributed by atoms with Crippen molar-refractivity contribution < 1.29 is 18.3 Å². The fourth-order valence-electron chi connectivity index (χ4n) is 2.15. The molecule has 1 aromatic heterocycles. The van der Waals surface area contributed by atoms with E-state index in [1.54, 1.807) is 31.2 Å². The molecule has 3 rings (SSSR count). The average Bonchev–Trinajstić information content (AvgIpc) is 3.13. The number of aromatic nitrogens is 2. The van der Waals surface area contributed by atoms with Crippen molar-refractivity contribution in [1.29, 1.82) is 0 Å². The summed E-state index contributed by atoms with van der Waals surface area (Å²) < 4.78 is 23.7. The summed E-state index contributed by atoms with van der Waals surface area (Å²) in [6.45, 7) is 1.60. The predicted octanol–water partition coefficient (Wildman–Crippen LogP) is 5.50. The van der Waals surface area contributed by atoms with Crippen LogP contribution in [0.1, 0.15) is 24.5 Å². The Hall–Kier alpha value is -2.70. The van der Waals surface area contributed by atoms with Crippen LogP contribution in [-0.4, -0.2) is 16.2 Å². The van der Waals surface area contributed by atoms with Gasteiger partial charge in [0.1, 0.15) is 5.82 Å². The predicted molar refractivity (Wildman–Crippen MR) is 99.7 cm³/mol. The molecule has 0 amide bonds. The first kappa shape index (κ1) is 19.1. The fourth-order valence-corrected chi connectivity index (χ4v) is 2.46. The van der Waals surface area contributed by atoms with Crippen LogP contribution in [0.2, 0.25) is 10.0 Å². The molecule has 0 bridgehead atoms. The number of hydrogen-bond acceptors (Lipinski definition) is 5. The zero-order chi connectivity index (χ0) is 19.4. The molecule has 1 heterocycles. The Morgan fingerprint density at radius 2 is 1.89 bits per heavy atom. The largest absolute Gasteiger partial charge is 0.449 e. The molecule has 27 heavy (non-hydrogen) atoms. The lowest BCUT2D eigenvalue weighted by molar-refractivity contribution is -0.143. The van der Waals surface area contributed by atoms with E-state index in [-0.39, 0.29) is 17.6 Å². The second-order valence-electron chi connectivity index (χ2n) is 5.54. The van der Waals surface area contributed by atoms with Crippen molar-refractivity contribution in [3.05, 3.63) is 75.9 Å². The summed E-state index contributed by atoms with van der Waals surface area (Å²) in [6, 6.07) is 10.6. The summed E-state index contributed by atoms with van der Waals surface area (Å²) >= 11 is 11.8. The molecule has 0 aliphatic heterocycles. The Morgan fingerprint density at radius 3 is 2.59 bits per heavy atom. The van der Waals surface area contributed by atoms with Crippen LogP contribution in [0.25, 0.3) is 17.5 Å². The van der Waals surface area contributed by atoms with Gasteiger partial charge in [-0.1, -0.05) is 29.3 Å². The van der Waals surface area contributed by atoms with Crippen LogP contribution in [0.4, 0.5) is 4.39 Å². The highest BCUT2D eigenvalue weighted by Gasteiger charge is 2.18. The van der Waals surface area contributed by atoms with Gasteiger partial charge in [0.2, 0.25) is 5.89 Å². The number of carbonyl (C=O) groups is 1. The minimum absolute atomic E-state index is 0.130. The Labute approximate surface area is 164 Å². The third-order valence-corrected chi connectivity index (χ3v) is 4.27. The fraction of sp³-hybridized carbons (Fsp3) is 0.105. The molecule has 1 atom stereocenters. The van der Waals surface area contributed by atoms with Gasteiger partial charge in [0.15, 0.2) is 6.10 Å². The van der Waals surface area contributed by atoms with Crippen LogP contribution < -0.4 is 0 Å². The van der Waals surface area contributed by atoms with Crippen LogP contribution >= 0.6 is 23.2 Å². The molecule has 0 spiro atoms. The molecule has 8 heteroatoms. The molecule has 0 saturated heterocycles. The highest BCUT2D eigenvalue weighted by Crippen LogP contribution is 2.24. The number of ether oxygens (including phenoxy) is 1. The van der Waals surface area contributed by atoms with E-state index in [4.69, 9.17) is 32.4 Å². The Bertz CT molecular complexity index is 987. The van der Waals surface area contributed by atoms with Gasteiger partial charge in [0, 0.05) is 11.6 Å². The number of rotatable bonds is 5. The van der Waals surface area contributed by atoms with Crippen LogP contribution in [-0.2, 0) is 9.53 Å². The second-order valence-corrected chi connectivity index (χ2v) is 6.35. The molecule has 0 unspecified atom stereocenters. The normalized spacial score (nSPS) is 12.3. The SMILES string of the molecule is C[C@H](OC(=O)/C=C/c1ccc(Cl)c(Cl)c1)c1nnc(-c2ccc(F)cc2)o1. The summed E-state index contributed by atoms with van der Waals surface area (Å²) in [7, 11) is 0. The molecule has 2 aromatic carbocycles. The lowest BCUT2D eigenvalue weighted by Gasteiger charge is -2.06. The van der Waals surface area contributed by atoms with Crippen LogP contribution in [0.3, 0.4) is 0 Å². The van der Waals surface area contributed by atoms with Crippen molar-refractivity contribution >= 4 is 35.2 Å². The molecule has 138 valence electrons. The Balaban J connectivity index is 1.63. The monoisotopic (exact) mass is 406 g/mol. The zero-order valence-electron chi connectivity index (χ0n) is 14.0. The van der Waals surface area contributed by atoms with Crippen LogP contribution in [0.5, 0.6) is 0 Å². The lowest BCUT2D eigenvalue weighted by Crippen LogP contribution is -2.06. The van der Waals surface area contributed by atoms with Crippen LogP contribution in [0.15, 0.2) is 53.0 Å². The van der Waals surface area contributed by atoms with Gasteiger partial charge in [-0.15, -0.1) is 10.2 Å². The van der Waals surface area contributed by atoms with E-state index in [0.717, 1.165) is 0 Å². The van der Waals surface area contributed by atoms with Crippen molar-refractivity contribution in [2.45, 2.75) is 13.0 Å². The van der Waals surface area contributed by atoms with Gasteiger partial charge in [-0.05, 0) is 55.0 Å². The lowest BCUT2D eigenvalue weighted by atomic mass is 10.2. The first-order valence-corrected chi connectivity index (χ1v) is 8.61. The van der Waals surface area contributed by atoms with Crippen LogP contribution in [0, 0.1) is 5.82 Å². The molecule has 3 aromatic rings. The number of hydrogen-bond donors (Lipinski definition) is 0. The molecule has 0 fully saturated rings. The van der Waals surface area contributed by atoms with Gasteiger partial charge in [-0.25, -0.2) is 9.18 Å². The third kappa shape index (κ3) is 4.93. The third-order valence-electron chi connectivity index (χ3n) is 3.53. The number of esters is 1. The standard InChI is InChI=1S/C19H13Cl2FN2O3/c1-11(18-23-24-19(27-18)13-4-6-14(22)7-5-13)26-17(25)9-3-12-2-8-15(20)16(21)10-12/h2-11H,1H3/b9-3+/t11-/m0/s1. The first-order chi connectivity index (χ1) is 12.9. The maximum absolute atomic E-state index is 13.0. The van der Waals surface area contributed by atoms with Gasteiger partial charge < -0.3 is 9.15 Å². The molecule has 0 saturated carbocycles. The summed E-state index contributed by atoms with van der Waals surface area (Å²) in [5, 5.41) is 8.56. The molecule has 0 aliphatic carbocycles. The van der Waals surface area contributed by atoms with Crippen molar-refractivity contribution in [2.24, 2.45) is 0 Å². The van der Waals surface area contributed by atoms with Crippen molar-refractivity contribution in [1.82, 2.24) is 10.2 Å². The molecule has 5 nitrogen and oxygen atoms in total. The van der Waals surface area contributed by atoms with E-state index in [1.807, 2.05) is 0 Å². The minimum atomic E-state index is -0.752. The van der Waals surface area contributed by atoms with E-state index in [9.17, 15) is 9.18 Å². The van der Waals surface area contributed by atoms with E-state index in [2.05, 4.69) is 10.2 Å².